The van der Waals surface area contributed by atoms with Gasteiger partial charge in [-0.3, -0.25) is 9.78 Å². The molecule has 0 fully saturated rings. The number of carbonyl (C=O) groups is 1. The summed E-state index contributed by atoms with van der Waals surface area (Å²) in [7, 11) is 0. The summed E-state index contributed by atoms with van der Waals surface area (Å²) in [4.78, 5) is 15.8. The fourth-order valence-corrected chi connectivity index (χ4v) is 1.43. The zero-order chi connectivity index (χ0) is 13.1. The van der Waals surface area contributed by atoms with Gasteiger partial charge in [0.05, 0.1) is 17.4 Å². The number of amides is 1. The molecule has 2 rings (SSSR count). The molecule has 0 spiro atoms. The molecular formula is C13H11FN2O2. The van der Waals surface area contributed by atoms with Crippen molar-refractivity contribution in [2.75, 3.05) is 5.32 Å². The highest BCUT2D eigenvalue weighted by molar-refractivity contribution is 6.04. The van der Waals surface area contributed by atoms with Crippen LogP contribution in [0.5, 0.6) is 5.75 Å². The van der Waals surface area contributed by atoms with Crippen molar-refractivity contribution in [2.24, 2.45) is 0 Å². The second-order valence-corrected chi connectivity index (χ2v) is 3.81. The van der Waals surface area contributed by atoms with Crippen molar-refractivity contribution < 1.29 is 14.3 Å². The van der Waals surface area contributed by atoms with E-state index >= 15 is 0 Å². The second-order valence-electron chi connectivity index (χ2n) is 3.81. The van der Waals surface area contributed by atoms with E-state index in [0.717, 1.165) is 11.8 Å². The second kappa shape index (κ2) is 4.83. The van der Waals surface area contributed by atoms with Gasteiger partial charge in [0.1, 0.15) is 11.6 Å². The largest absolute Gasteiger partial charge is 0.508 e. The van der Waals surface area contributed by atoms with E-state index in [9.17, 15) is 9.18 Å². The van der Waals surface area contributed by atoms with Gasteiger partial charge in [0.25, 0.3) is 5.91 Å². The summed E-state index contributed by atoms with van der Waals surface area (Å²) in [6.45, 7) is 1.82. The first-order valence-corrected chi connectivity index (χ1v) is 5.29. The average Bonchev–Trinajstić information content (AvgIpc) is 2.32. The maximum absolute atomic E-state index is 13.4. The Kier molecular flexibility index (Phi) is 3.23. The Bertz CT molecular complexity index is 582. The molecule has 0 bridgehead atoms. The number of aromatic nitrogens is 1. The minimum atomic E-state index is -0.771. The molecule has 0 saturated heterocycles. The summed E-state index contributed by atoms with van der Waals surface area (Å²) >= 11 is 0. The van der Waals surface area contributed by atoms with Crippen molar-refractivity contribution in [1.29, 1.82) is 0 Å². The van der Waals surface area contributed by atoms with Crippen molar-refractivity contribution >= 4 is 11.6 Å². The predicted molar refractivity (Wildman–Crippen MR) is 65.0 cm³/mol. The molecule has 18 heavy (non-hydrogen) atoms. The number of anilines is 1. The van der Waals surface area contributed by atoms with E-state index in [1.165, 1.54) is 18.3 Å². The number of phenols is 1. The Morgan fingerprint density at radius 3 is 2.72 bits per heavy atom. The summed E-state index contributed by atoms with van der Waals surface area (Å²) in [5, 5.41) is 11.6. The molecule has 0 aliphatic heterocycles. The lowest BCUT2D eigenvalue weighted by molar-refractivity contribution is 0.102. The normalized spacial score (nSPS) is 10.1. The van der Waals surface area contributed by atoms with Crippen LogP contribution in [0.2, 0.25) is 0 Å². The van der Waals surface area contributed by atoms with Crippen LogP contribution >= 0.6 is 0 Å². The molecule has 0 saturated carbocycles. The molecule has 0 atom stereocenters. The number of aryl methyl sites for hydroxylation is 1. The zero-order valence-corrected chi connectivity index (χ0v) is 9.64. The van der Waals surface area contributed by atoms with Crippen molar-refractivity contribution in [3.05, 3.63) is 53.6 Å². The summed E-state index contributed by atoms with van der Waals surface area (Å²) < 4.78 is 13.4. The number of halogens is 1. The zero-order valence-electron chi connectivity index (χ0n) is 9.64. The number of aromatic hydroxyl groups is 1. The molecule has 2 aromatic rings. The van der Waals surface area contributed by atoms with Gasteiger partial charge in [0, 0.05) is 11.8 Å². The Morgan fingerprint density at radius 2 is 2.11 bits per heavy atom. The number of hydrogen-bond acceptors (Lipinski definition) is 3. The highest BCUT2D eigenvalue weighted by atomic mass is 19.1. The van der Waals surface area contributed by atoms with Gasteiger partial charge in [-0.25, -0.2) is 4.39 Å². The van der Waals surface area contributed by atoms with Gasteiger partial charge < -0.3 is 10.4 Å². The van der Waals surface area contributed by atoms with E-state index < -0.39 is 11.7 Å². The van der Waals surface area contributed by atoms with Gasteiger partial charge in [-0.2, -0.15) is 0 Å². The highest BCUT2D eigenvalue weighted by Crippen LogP contribution is 2.16. The summed E-state index contributed by atoms with van der Waals surface area (Å²) in [5.74, 6) is -1.58. The molecule has 5 heteroatoms. The van der Waals surface area contributed by atoms with Crippen molar-refractivity contribution in [1.82, 2.24) is 4.98 Å². The van der Waals surface area contributed by atoms with Crippen LogP contribution in [0.1, 0.15) is 16.1 Å². The highest BCUT2D eigenvalue weighted by Gasteiger charge is 2.12. The average molecular weight is 246 g/mol. The maximum Gasteiger partial charge on any atom is 0.258 e. The molecule has 1 aromatic carbocycles. The molecule has 4 nitrogen and oxygen atoms in total. The Labute approximate surface area is 103 Å². The van der Waals surface area contributed by atoms with Gasteiger partial charge in [-0.15, -0.1) is 0 Å². The molecule has 1 amide bonds. The van der Waals surface area contributed by atoms with Gasteiger partial charge in [0.2, 0.25) is 0 Å². The van der Waals surface area contributed by atoms with E-state index in [1.807, 2.05) is 6.92 Å². The first-order valence-electron chi connectivity index (χ1n) is 5.29. The van der Waals surface area contributed by atoms with Crippen LogP contribution in [0.15, 0.2) is 36.5 Å². The SMILES string of the molecule is Cc1ccc(NC(=O)c2ccc(O)cc2F)cn1. The Hall–Kier alpha value is -2.43. The number of phenolic OH excluding ortho intramolecular Hbond substituents is 1. The fourth-order valence-electron chi connectivity index (χ4n) is 1.43. The molecule has 0 aliphatic rings. The van der Waals surface area contributed by atoms with Crippen LogP contribution in [-0.2, 0) is 0 Å². The monoisotopic (exact) mass is 246 g/mol. The van der Waals surface area contributed by atoms with Crippen LogP contribution in [0.25, 0.3) is 0 Å². The molecule has 1 heterocycles. The maximum atomic E-state index is 13.4. The third-order valence-electron chi connectivity index (χ3n) is 2.37. The first kappa shape index (κ1) is 12.0. The Morgan fingerprint density at radius 1 is 1.33 bits per heavy atom. The van der Waals surface area contributed by atoms with Crippen molar-refractivity contribution in [2.45, 2.75) is 6.92 Å². The number of benzene rings is 1. The summed E-state index contributed by atoms with van der Waals surface area (Å²) in [6.07, 6.45) is 1.49. The quantitative estimate of drug-likeness (QED) is 0.855. The van der Waals surface area contributed by atoms with Crippen LogP contribution in [0, 0.1) is 12.7 Å². The van der Waals surface area contributed by atoms with Crippen LogP contribution in [-0.4, -0.2) is 16.0 Å². The smallest absolute Gasteiger partial charge is 0.258 e. The number of carbonyl (C=O) groups excluding carboxylic acids is 1. The van der Waals surface area contributed by atoms with E-state index in [1.54, 1.807) is 12.1 Å². The number of rotatable bonds is 2. The van der Waals surface area contributed by atoms with Gasteiger partial charge in [-0.05, 0) is 31.2 Å². The molecular weight excluding hydrogens is 235 g/mol. The molecule has 92 valence electrons. The lowest BCUT2D eigenvalue weighted by atomic mass is 10.2. The summed E-state index contributed by atoms with van der Waals surface area (Å²) in [5.41, 5.74) is 1.18. The minimum Gasteiger partial charge on any atom is -0.508 e. The van der Waals surface area contributed by atoms with Gasteiger partial charge >= 0.3 is 0 Å². The van der Waals surface area contributed by atoms with Crippen LogP contribution < -0.4 is 5.32 Å². The van der Waals surface area contributed by atoms with E-state index in [4.69, 9.17) is 5.11 Å². The topological polar surface area (TPSA) is 62.2 Å². The summed E-state index contributed by atoms with van der Waals surface area (Å²) in [6, 6.07) is 6.79. The van der Waals surface area contributed by atoms with Crippen molar-refractivity contribution in [3.63, 3.8) is 0 Å². The molecule has 1 aromatic heterocycles. The number of nitrogens with zero attached hydrogens (tertiary/aromatic N) is 1. The van der Waals surface area contributed by atoms with Gasteiger partial charge in [-0.1, -0.05) is 0 Å². The molecule has 0 unspecified atom stereocenters. The third-order valence-corrected chi connectivity index (χ3v) is 2.37. The van der Waals surface area contributed by atoms with Gasteiger partial charge in [0.15, 0.2) is 0 Å². The molecule has 0 aliphatic carbocycles. The molecule has 2 N–H and O–H groups in total. The first-order chi connectivity index (χ1) is 8.56. The molecule has 0 radical (unpaired) electrons. The van der Waals surface area contributed by atoms with Crippen LogP contribution in [0.4, 0.5) is 10.1 Å². The van der Waals surface area contributed by atoms with Crippen molar-refractivity contribution in [3.8, 4) is 5.75 Å². The Balaban J connectivity index is 2.19. The number of nitrogens with one attached hydrogen (secondary N) is 1. The van der Waals surface area contributed by atoms with E-state index in [-0.39, 0.29) is 11.3 Å². The lowest BCUT2D eigenvalue weighted by Gasteiger charge is -2.06. The number of pyridine rings is 1. The lowest BCUT2D eigenvalue weighted by Crippen LogP contribution is -2.13. The van der Waals surface area contributed by atoms with Crippen LogP contribution in [0.3, 0.4) is 0 Å². The number of hydrogen-bond donors (Lipinski definition) is 2. The predicted octanol–water partition coefficient (Wildman–Crippen LogP) is 2.49. The third kappa shape index (κ3) is 2.63. The fraction of sp³-hybridized carbons (Fsp3) is 0.0769. The standard InChI is InChI=1S/C13H11FN2O2/c1-8-2-3-9(7-15-8)16-13(18)11-5-4-10(17)6-12(11)14/h2-7,17H,1H3,(H,16,18). The van der Waals surface area contributed by atoms with E-state index in [2.05, 4.69) is 10.3 Å². The van der Waals surface area contributed by atoms with E-state index in [0.29, 0.717) is 5.69 Å². The minimum absolute atomic E-state index is 0.131.